The van der Waals surface area contributed by atoms with Crippen molar-refractivity contribution in [3.8, 4) is 5.75 Å². The van der Waals surface area contributed by atoms with E-state index in [9.17, 15) is 22.8 Å². The molecule has 3 aromatic carbocycles. The predicted molar refractivity (Wildman–Crippen MR) is 172 cm³/mol. The molecule has 46 heavy (non-hydrogen) atoms. The number of likely N-dealkylation sites (tertiary alicyclic amines) is 1. The van der Waals surface area contributed by atoms with Gasteiger partial charge >= 0.3 is 5.97 Å². The number of hydrogen-bond donors (Lipinski definition) is 4. The second kappa shape index (κ2) is 15.5. The molecule has 0 aliphatic carbocycles. The Morgan fingerprint density at radius 1 is 1.07 bits per heavy atom. The van der Waals surface area contributed by atoms with Crippen LogP contribution in [0.15, 0.2) is 71.6 Å². The van der Waals surface area contributed by atoms with Gasteiger partial charge in [-0.2, -0.15) is 4.72 Å². The summed E-state index contributed by atoms with van der Waals surface area (Å²) in [7, 11) is -1.59. The summed E-state index contributed by atoms with van der Waals surface area (Å²) < 4.78 is 39.7. The monoisotopic (exact) mass is 652 g/mol. The average Bonchev–Trinajstić information content (AvgIpc) is 3.06. The van der Waals surface area contributed by atoms with E-state index in [1.165, 1.54) is 26.4 Å². The van der Waals surface area contributed by atoms with Crippen molar-refractivity contribution in [1.82, 2.24) is 19.8 Å². The van der Waals surface area contributed by atoms with Crippen molar-refractivity contribution in [2.24, 2.45) is 11.7 Å². The van der Waals surface area contributed by atoms with Crippen LogP contribution < -0.4 is 20.5 Å². The number of benzene rings is 3. The first-order chi connectivity index (χ1) is 22.0. The van der Waals surface area contributed by atoms with Crippen molar-refractivity contribution in [3.05, 3.63) is 72.3 Å². The van der Waals surface area contributed by atoms with E-state index in [1.54, 1.807) is 47.4 Å². The largest absolute Gasteiger partial charge is 0.497 e. The quantitative estimate of drug-likeness (QED) is 0.121. The summed E-state index contributed by atoms with van der Waals surface area (Å²) in [6, 6.07) is 17.1. The van der Waals surface area contributed by atoms with Gasteiger partial charge < -0.3 is 30.3 Å². The Morgan fingerprint density at radius 3 is 2.46 bits per heavy atom. The highest BCUT2D eigenvalue weighted by molar-refractivity contribution is 7.89. The zero-order chi connectivity index (χ0) is 33.3. The van der Waals surface area contributed by atoms with Gasteiger partial charge in [-0.05, 0) is 59.4 Å². The molecule has 0 unspecified atom stereocenters. The summed E-state index contributed by atoms with van der Waals surface area (Å²) >= 11 is 0. The van der Waals surface area contributed by atoms with E-state index < -0.39 is 46.8 Å². The molecule has 246 valence electrons. The minimum atomic E-state index is -4.30. The molecule has 2 amide bonds. The zero-order valence-electron chi connectivity index (χ0n) is 25.9. The standard InChI is InChI=1S/C32H40N6O7S/c1-44-26-12-9-22(10-13-26)19-38(21-30(40)45-2)31(41)28(17-29(39)35-18-23-6-5-15-37(20-23)32(33)34)36-46(42,43)27-14-11-24-7-3-4-8-25(24)16-27/h3-4,7-14,16,23,28,36H,5-6,15,17-21H2,1-2H3,(H3,33,34)(H,35,39)/t23-,28-/m0/s1. The Bertz CT molecular complexity index is 1660. The van der Waals surface area contributed by atoms with E-state index in [-0.39, 0.29) is 29.9 Å². The molecule has 14 heteroatoms. The van der Waals surface area contributed by atoms with Crippen molar-refractivity contribution in [1.29, 1.82) is 5.41 Å². The maximum Gasteiger partial charge on any atom is 0.325 e. The molecule has 1 saturated heterocycles. The second-order valence-corrected chi connectivity index (χ2v) is 12.9. The van der Waals surface area contributed by atoms with Gasteiger partial charge in [0.15, 0.2) is 5.96 Å². The lowest BCUT2D eigenvalue weighted by molar-refractivity contribution is -0.148. The van der Waals surface area contributed by atoms with Crippen molar-refractivity contribution in [3.63, 3.8) is 0 Å². The smallest absolute Gasteiger partial charge is 0.325 e. The molecular formula is C32H40N6O7S. The topological polar surface area (TPSA) is 184 Å². The van der Waals surface area contributed by atoms with Gasteiger partial charge in [0.25, 0.3) is 0 Å². The van der Waals surface area contributed by atoms with Gasteiger partial charge in [0.05, 0.1) is 25.5 Å². The van der Waals surface area contributed by atoms with Crippen LogP contribution in [0.2, 0.25) is 0 Å². The highest BCUT2D eigenvalue weighted by Gasteiger charge is 2.33. The number of piperidine rings is 1. The van der Waals surface area contributed by atoms with Crippen LogP contribution in [-0.2, 0) is 35.7 Å². The highest BCUT2D eigenvalue weighted by atomic mass is 32.2. The van der Waals surface area contributed by atoms with Gasteiger partial charge in [-0.15, -0.1) is 0 Å². The highest BCUT2D eigenvalue weighted by Crippen LogP contribution is 2.21. The average molecular weight is 653 g/mol. The molecular weight excluding hydrogens is 612 g/mol. The lowest BCUT2D eigenvalue weighted by Gasteiger charge is -2.33. The number of carbonyl (C=O) groups is 3. The van der Waals surface area contributed by atoms with Crippen molar-refractivity contribution in [2.75, 3.05) is 40.4 Å². The van der Waals surface area contributed by atoms with E-state index >= 15 is 0 Å². The summed E-state index contributed by atoms with van der Waals surface area (Å²) in [5.41, 5.74) is 6.28. The number of nitrogens with zero attached hydrogens (tertiary/aromatic N) is 2. The van der Waals surface area contributed by atoms with Gasteiger partial charge in [-0.3, -0.25) is 19.8 Å². The number of methoxy groups -OCH3 is 2. The lowest BCUT2D eigenvalue weighted by atomic mass is 9.98. The number of amides is 2. The Kier molecular flexibility index (Phi) is 11.6. The van der Waals surface area contributed by atoms with Gasteiger partial charge in [0, 0.05) is 26.2 Å². The van der Waals surface area contributed by atoms with Crippen LogP contribution in [0.4, 0.5) is 0 Å². The Labute approximate surface area is 268 Å². The van der Waals surface area contributed by atoms with Crippen LogP contribution in [0.5, 0.6) is 5.75 Å². The number of nitrogens with one attached hydrogen (secondary N) is 3. The third-order valence-electron chi connectivity index (χ3n) is 7.86. The van der Waals surface area contributed by atoms with Gasteiger partial charge in [-0.1, -0.05) is 42.5 Å². The fraction of sp³-hybridized carbons (Fsp3) is 0.375. The van der Waals surface area contributed by atoms with Crippen LogP contribution in [-0.4, -0.2) is 88.4 Å². The molecule has 5 N–H and O–H groups in total. The number of sulfonamides is 1. The molecule has 13 nitrogen and oxygen atoms in total. The maximum atomic E-state index is 14.0. The molecule has 3 aromatic rings. The summed E-state index contributed by atoms with van der Waals surface area (Å²) in [6.07, 6.45) is 1.10. The third-order valence-corrected chi connectivity index (χ3v) is 9.32. The Hall–Kier alpha value is -4.69. The number of hydrogen-bond acceptors (Lipinski definition) is 8. The molecule has 2 atom stereocenters. The van der Waals surface area contributed by atoms with Crippen LogP contribution in [0.1, 0.15) is 24.8 Å². The van der Waals surface area contributed by atoms with Crippen LogP contribution in [0, 0.1) is 11.3 Å². The minimum absolute atomic E-state index is 0.0240. The number of rotatable bonds is 13. The number of carbonyl (C=O) groups excluding carboxylic acids is 3. The van der Waals surface area contributed by atoms with E-state index in [0.29, 0.717) is 29.8 Å². The van der Waals surface area contributed by atoms with E-state index in [4.69, 9.17) is 20.6 Å². The van der Waals surface area contributed by atoms with Gasteiger partial charge in [0.1, 0.15) is 18.3 Å². The summed E-state index contributed by atoms with van der Waals surface area (Å²) in [5.74, 6) is -1.46. The first-order valence-corrected chi connectivity index (χ1v) is 16.3. The second-order valence-electron chi connectivity index (χ2n) is 11.1. The molecule has 0 aromatic heterocycles. The molecule has 4 rings (SSSR count). The minimum Gasteiger partial charge on any atom is -0.497 e. The first kappa shape index (κ1) is 34.2. The van der Waals surface area contributed by atoms with Crippen LogP contribution in [0.25, 0.3) is 10.8 Å². The number of nitrogens with two attached hydrogens (primary N) is 1. The maximum absolute atomic E-state index is 14.0. The predicted octanol–water partition coefficient (Wildman–Crippen LogP) is 1.81. The van der Waals surface area contributed by atoms with Crippen molar-refractivity contribution in [2.45, 2.75) is 36.7 Å². The molecule has 1 aliphatic rings. The number of guanidine groups is 1. The molecule has 0 spiro atoms. The van der Waals surface area contributed by atoms with Crippen LogP contribution >= 0.6 is 0 Å². The molecule has 1 heterocycles. The fourth-order valence-corrected chi connectivity index (χ4v) is 6.56. The molecule has 1 fully saturated rings. The Balaban J connectivity index is 1.58. The van der Waals surface area contributed by atoms with Gasteiger partial charge in [-0.25, -0.2) is 8.42 Å². The number of fused-ring (bicyclic) bond motifs is 1. The van der Waals surface area contributed by atoms with Gasteiger partial charge in [0.2, 0.25) is 21.8 Å². The Morgan fingerprint density at radius 2 is 1.78 bits per heavy atom. The molecule has 0 bridgehead atoms. The molecule has 1 aliphatic heterocycles. The fourth-order valence-electron chi connectivity index (χ4n) is 5.34. The van der Waals surface area contributed by atoms with E-state index in [1.807, 2.05) is 12.1 Å². The van der Waals surface area contributed by atoms with Crippen molar-refractivity contribution < 1.29 is 32.3 Å². The normalized spacial score (nSPS) is 15.5. The summed E-state index contributed by atoms with van der Waals surface area (Å²) in [6.45, 7) is 0.897. The first-order valence-electron chi connectivity index (χ1n) is 14.8. The lowest BCUT2D eigenvalue weighted by Crippen LogP contribution is -2.52. The number of esters is 1. The van der Waals surface area contributed by atoms with E-state index in [0.717, 1.165) is 23.1 Å². The van der Waals surface area contributed by atoms with E-state index in [2.05, 4.69) is 10.0 Å². The zero-order valence-corrected chi connectivity index (χ0v) is 26.7. The number of ether oxygens (including phenoxy) is 2. The van der Waals surface area contributed by atoms with Crippen LogP contribution in [0.3, 0.4) is 0 Å². The molecule has 0 radical (unpaired) electrons. The third kappa shape index (κ3) is 9.17. The SMILES string of the molecule is COC(=O)CN(Cc1ccc(OC)cc1)C(=O)[C@H](CC(=O)NC[C@@H]1CCCN(C(=N)N)C1)NS(=O)(=O)c1ccc2ccccc2c1. The molecule has 0 saturated carbocycles. The van der Waals surface area contributed by atoms with Crippen molar-refractivity contribution >= 4 is 44.5 Å². The summed E-state index contributed by atoms with van der Waals surface area (Å²) in [5, 5.41) is 12.0. The summed E-state index contributed by atoms with van der Waals surface area (Å²) in [4.78, 5) is 42.5.